The molecule has 2 N–H and O–H groups in total. The van der Waals surface area contributed by atoms with Crippen LogP contribution in [0.2, 0.25) is 0 Å². The van der Waals surface area contributed by atoms with E-state index in [0.717, 1.165) is 4.47 Å². The summed E-state index contributed by atoms with van der Waals surface area (Å²) in [4.78, 5) is 24.3. The first-order chi connectivity index (χ1) is 11.4. The van der Waals surface area contributed by atoms with Crippen molar-refractivity contribution in [3.05, 3.63) is 33.4 Å². The van der Waals surface area contributed by atoms with E-state index in [9.17, 15) is 9.59 Å². The molecule has 1 heterocycles. The number of rotatable bonds is 5. The van der Waals surface area contributed by atoms with Gasteiger partial charge in [0.2, 0.25) is 0 Å². The van der Waals surface area contributed by atoms with E-state index in [-0.39, 0.29) is 6.61 Å². The normalized spacial score (nSPS) is 17.0. The van der Waals surface area contributed by atoms with Crippen LogP contribution in [0.5, 0.6) is 11.5 Å². The molecular formula is C16H19BrN2O5. The highest BCUT2D eigenvalue weighted by Gasteiger charge is 2.34. The molecule has 2 rings (SSSR count). The maximum absolute atomic E-state index is 12.4. The van der Waals surface area contributed by atoms with Crippen LogP contribution in [0, 0.1) is 0 Å². The minimum atomic E-state index is -0.723. The Balaban J connectivity index is 2.63. The van der Waals surface area contributed by atoms with E-state index in [1.807, 2.05) is 0 Å². The maximum atomic E-state index is 12.4. The zero-order valence-electron chi connectivity index (χ0n) is 13.9. The molecule has 1 aromatic carbocycles. The molecule has 130 valence electrons. The molecule has 1 aromatic rings. The molecule has 1 unspecified atom stereocenters. The van der Waals surface area contributed by atoms with Gasteiger partial charge in [-0.3, -0.25) is 0 Å². The summed E-state index contributed by atoms with van der Waals surface area (Å²) >= 11 is 3.41. The zero-order valence-corrected chi connectivity index (χ0v) is 15.4. The van der Waals surface area contributed by atoms with E-state index in [0.29, 0.717) is 28.3 Å². The number of nitrogens with one attached hydrogen (secondary N) is 2. The molecule has 0 saturated carbocycles. The van der Waals surface area contributed by atoms with E-state index < -0.39 is 18.0 Å². The lowest BCUT2D eigenvalue weighted by molar-refractivity contribution is -0.139. The Morgan fingerprint density at radius 2 is 2.00 bits per heavy atom. The number of benzene rings is 1. The smallest absolute Gasteiger partial charge is 0.338 e. The molecule has 1 atom stereocenters. The second-order valence-electron chi connectivity index (χ2n) is 5.02. The molecule has 2 amide bonds. The fraction of sp³-hybridized carbons (Fsp3) is 0.375. The average molecular weight is 399 g/mol. The van der Waals surface area contributed by atoms with E-state index in [2.05, 4.69) is 26.6 Å². The number of hydrogen-bond acceptors (Lipinski definition) is 5. The van der Waals surface area contributed by atoms with Gasteiger partial charge in [0.25, 0.3) is 0 Å². The largest absolute Gasteiger partial charge is 0.493 e. The second kappa shape index (κ2) is 7.57. The van der Waals surface area contributed by atoms with Gasteiger partial charge in [0.1, 0.15) is 0 Å². The third-order valence-electron chi connectivity index (χ3n) is 3.55. The molecular weight excluding hydrogens is 380 g/mol. The molecule has 1 aliphatic heterocycles. The van der Waals surface area contributed by atoms with Crippen molar-refractivity contribution in [1.29, 1.82) is 0 Å². The molecule has 7 nitrogen and oxygen atoms in total. The fourth-order valence-corrected chi connectivity index (χ4v) is 3.03. The fourth-order valence-electron chi connectivity index (χ4n) is 2.58. The van der Waals surface area contributed by atoms with Crippen molar-refractivity contribution in [3.8, 4) is 11.5 Å². The first-order valence-corrected chi connectivity index (χ1v) is 8.09. The van der Waals surface area contributed by atoms with Gasteiger partial charge in [-0.15, -0.1) is 0 Å². The van der Waals surface area contributed by atoms with Crippen LogP contribution < -0.4 is 20.1 Å². The monoisotopic (exact) mass is 398 g/mol. The molecule has 0 aromatic heterocycles. The van der Waals surface area contributed by atoms with Crippen molar-refractivity contribution in [2.24, 2.45) is 0 Å². The Bertz CT molecular complexity index is 702. The van der Waals surface area contributed by atoms with Crippen molar-refractivity contribution in [2.45, 2.75) is 19.9 Å². The minimum Gasteiger partial charge on any atom is -0.493 e. The highest BCUT2D eigenvalue weighted by Crippen LogP contribution is 2.41. The Kier molecular flexibility index (Phi) is 5.71. The van der Waals surface area contributed by atoms with Gasteiger partial charge in [-0.05, 0) is 26.0 Å². The molecule has 0 fully saturated rings. The summed E-state index contributed by atoms with van der Waals surface area (Å²) in [6.45, 7) is 3.61. The number of carbonyl (C=O) groups is 2. The van der Waals surface area contributed by atoms with Crippen molar-refractivity contribution in [2.75, 3.05) is 20.8 Å². The highest BCUT2D eigenvalue weighted by atomic mass is 79.9. The Morgan fingerprint density at radius 3 is 2.58 bits per heavy atom. The molecule has 0 saturated heterocycles. The summed E-state index contributed by atoms with van der Waals surface area (Å²) < 4.78 is 16.6. The number of carbonyl (C=O) groups excluding carboxylic acids is 2. The lowest BCUT2D eigenvalue weighted by Crippen LogP contribution is -2.45. The number of hydrogen-bond donors (Lipinski definition) is 2. The summed E-state index contributed by atoms with van der Waals surface area (Å²) in [5, 5.41) is 5.33. The van der Waals surface area contributed by atoms with E-state index in [4.69, 9.17) is 14.2 Å². The molecule has 0 aliphatic carbocycles. The van der Waals surface area contributed by atoms with Crippen molar-refractivity contribution >= 4 is 27.9 Å². The summed E-state index contributed by atoms with van der Waals surface area (Å²) in [7, 11) is 3.02. The molecule has 0 spiro atoms. The van der Waals surface area contributed by atoms with Crippen molar-refractivity contribution in [1.82, 2.24) is 10.6 Å². The predicted molar refractivity (Wildman–Crippen MR) is 91.0 cm³/mol. The van der Waals surface area contributed by atoms with Crippen molar-refractivity contribution in [3.63, 3.8) is 0 Å². The maximum Gasteiger partial charge on any atom is 0.338 e. The molecule has 0 bridgehead atoms. The van der Waals surface area contributed by atoms with Gasteiger partial charge in [-0.1, -0.05) is 15.9 Å². The third kappa shape index (κ3) is 3.48. The molecule has 24 heavy (non-hydrogen) atoms. The number of allylic oxidation sites excluding steroid dienone is 1. The van der Waals surface area contributed by atoms with Crippen LogP contribution >= 0.6 is 15.9 Å². The zero-order chi connectivity index (χ0) is 17.9. The van der Waals surface area contributed by atoms with E-state index >= 15 is 0 Å². The summed E-state index contributed by atoms with van der Waals surface area (Å²) in [5.41, 5.74) is 1.33. The Labute approximate surface area is 148 Å². The highest BCUT2D eigenvalue weighted by molar-refractivity contribution is 9.10. The average Bonchev–Trinajstić information content (AvgIpc) is 2.53. The minimum absolute atomic E-state index is 0.231. The van der Waals surface area contributed by atoms with Gasteiger partial charge in [0, 0.05) is 15.7 Å². The van der Waals surface area contributed by atoms with E-state index in [1.165, 1.54) is 14.2 Å². The Hall–Kier alpha value is -2.22. The SMILES string of the molecule is CCOC(=O)C1=C(C)NC(=O)NC1c1cc(Br)cc(OC)c1OC. The lowest BCUT2D eigenvalue weighted by Gasteiger charge is -2.29. The quantitative estimate of drug-likeness (QED) is 0.744. The topological polar surface area (TPSA) is 85.9 Å². The van der Waals surface area contributed by atoms with Crippen LogP contribution in [0.4, 0.5) is 4.79 Å². The second-order valence-corrected chi connectivity index (χ2v) is 5.94. The van der Waals surface area contributed by atoms with Crippen molar-refractivity contribution < 1.29 is 23.8 Å². The molecule has 1 aliphatic rings. The number of urea groups is 1. The van der Waals surface area contributed by atoms with Crippen LogP contribution in [0.25, 0.3) is 0 Å². The summed E-state index contributed by atoms with van der Waals surface area (Å²) in [5.74, 6) is 0.409. The first kappa shape index (κ1) is 18.1. The van der Waals surface area contributed by atoms with E-state index in [1.54, 1.807) is 26.0 Å². The third-order valence-corrected chi connectivity index (χ3v) is 4.01. The summed E-state index contributed by atoms with van der Waals surface area (Å²) in [6, 6.07) is 2.38. The standard InChI is InChI=1S/C16H19BrN2O5/c1-5-24-15(20)12-8(2)18-16(21)19-13(12)10-6-9(17)7-11(22-3)14(10)23-4/h6-7,13H,5H2,1-4H3,(H2,18,19,21). The summed E-state index contributed by atoms with van der Waals surface area (Å²) in [6.07, 6.45) is 0. The molecule has 8 heteroatoms. The van der Waals surface area contributed by atoms with Gasteiger partial charge in [-0.25, -0.2) is 9.59 Å². The molecule has 0 radical (unpaired) electrons. The van der Waals surface area contributed by atoms with Crippen LogP contribution in [-0.4, -0.2) is 32.8 Å². The van der Waals surface area contributed by atoms with Crippen LogP contribution in [0.3, 0.4) is 0 Å². The van der Waals surface area contributed by atoms with Gasteiger partial charge < -0.3 is 24.8 Å². The van der Waals surface area contributed by atoms with Gasteiger partial charge in [-0.2, -0.15) is 0 Å². The number of methoxy groups -OCH3 is 2. The van der Waals surface area contributed by atoms with Crippen LogP contribution in [0.15, 0.2) is 27.9 Å². The van der Waals surface area contributed by atoms with Gasteiger partial charge >= 0.3 is 12.0 Å². The number of amides is 2. The van der Waals surface area contributed by atoms with Crippen LogP contribution in [-0.2, 0) is 9.53 Å². The van der Waals surface area contributed by atoms with Crippen LogP contribution in [0.1, 0.15) is 25.5 Å². The Morgan fingerprint density at radius 1 is 1.29 bits per heavy atom. The van der Waals surface area contributed by atoms with Gasteiger partial charge in [0.05, 0.1) is 32.4 Å². The predicted octanol–water partition coefficient (Wildman–Crippen LogP) is 2.66. The first-order valence-electron chi connectivity index (χ1n) is 7.29. The number of ether oxygens (including phenoxy) is 3. The van der Waals surface area contributed by atoms with Gasteiger partial charge in [0.15, 0.2) is 11.5 Å². The number of halogens is 1. The lowest BCUT2D eigenvalue weighted by atomic mass is 9.94. The number of esters is 1.